The molecule has 0 bridgehead atoms. The van der Waals surface area contributed by atoms with Crippen LogP contribution in [-0.4, -0.2) is 19.9 Å². The fourth-order valence-corrected chi connectivity index (χ4v) is 6.76. The minimum Gasteiger partial charge on any atom is -0.455 e. The van der Waals surface area contributed by atoms with E-state index < -0.39 is 0 Å². The van der Waals surface area contributed by atoms with E-state index >= 15 is 0 Å². The van der Waals surface area contributed by atoms with Crippen LogP contribution >= 0.6 is 0 Å². The van der Waals surface area contributed by atoms with Crippen LogP contribution < -0.4 is 0 Å². The normalized spacial score (nSPS) is 11.8. The number of hydrogen-bond acceptors (Lipinski definition) is 6. The number of aromatic nitrogens is 4. The molecule has 48 heavy (non-hydrogen) atoms. The van der Waals surface area contributed by atoms with Crippen LogP contribution in [0.2, 0.25) is 0 Å². The highest BCUT2D eigenvalue weighted by Gasteiger charge is 2.21. The van der Waals surface area contributed by atoms with Gasteiger partial charge in [0.2, 0.25) is 0 Å². The Morgan fingerprint density at radius 3 is 1.96 bits per heavy atom. The van der Waals surface area contributed by atoms with E-state index in [1.54, 1.807) is 6.20 Å². The predicted molar refractivity (Wildman–Crippen MR) is 191 cm³/mol. The molecule has 0 amide bonds. The third kappa shape index (κ3) is 4.13. The number of pyridine rings is 1. The summed E-state index contributed by atoms with van der Waals surface area (Å²) in [7, 11) is 0. The molecule has 6 aromatic carbocycles. The van der Waals surface area contributed by atoms with Gasteiger partial charge in [-0.05, 0) is 34.5 Å². The first-order valence-electron chi connectivity index (χ1n) is 15.8. The van der Waals surface area contributed by atoms with Crippen molar-refractivity contribution in [3.05, 3.63) is 146 Å². The molecule has 0 N–H and O–H groups in total. The first kappa shape index (κ1) is 26.5. The summed E-state index contributed by atoms with van der Waals surface area (Å²) < 4.78 is 13.0. The molecule has 0 saturated carbocycles. The number of fused-ring (bicyclic) bond motifs is 7. The Balaban J connectivity index is 1.22. The first-order valence-corrected chi connectivity index (χ1v) is 15.8. The predicted octanol–water partition coefficient (Wildman–Crippen LogP) is 10.9. The van der Waals surface area contributed by atoms with Crippen molar-refractivity contribution in [2.75, 3.05) is 0 Å². The number of rotatable bonds is 4. The average molecular weight is 617 g/mol. The highest BCUT2D eigenvalue weighted by atomic mass is 16.3. The Kier molecular flexibility index (Phi) is 5.77. The lowest BCUT2D eigenvalue weighted by Crippen LogP contribution is -2.00. The van der Waals surface area contributed by atoms with Crippen molar-refractivity contribution in [1.29, 1.82) is 0 Å². The van der Waals surface area contributed by atoms with Crippen LogP contribution in [0, 0.1) is 0 Å². The lowest BCUT2D eigenvalue weighted by molar-refractivity contribution is 0.668. The second kappa shape index (κ2) is 10.4. The maximum Gasteiger partial charge on any atom is 0.167 e. The van der Waals surface area contributed by atoms with E-state index in [1.165, 1.54) is 10.8 Å². The molecule has 0 atom stereocenters. The monoisotopic (exact) mass is 616 g/mol. The summed E-state index contributed by atoms with van der Waals surface area (Å²) in [6.45, 7) is 0. The van der Waals surface area contributed by atoms with Crippen molar-refractivity contribution in [3.8, 4) is 45.3 Å². The fourth-order valence-electron chi connectivity index (χ4n) is 6.76. The van der Waals surface area contributed by atoms with Gasteiger partial charge in [-0.15, -0.1) is 0 Å². The lowest BCUT2D eigenvalue weighted by Gasteiger charge is -2.09. The Hall–Kier alpha value is -6.66. The van der Waals surface area contributed by atoms with Gasteiger partial charge >= 0.3 is 0 Å². The van der Waals surface area contributed by atoms with Gasteiger partial charge in [-0.1, -0.05) is 115 Å². The molecule has 0 spiro atoms. The molecule has 6 heteroatoms. The van der Waals surface area contributed by atoms with Gasteiger partial charge in [0.15, 0.2) is 23.1 Å². The number of nitrogens with zero attached hydrogens (tertiary/aromatic N) is 4. The fraction of sp³-hybridized carbons (Fsp3) is 0. The number of para-hydroxylation sites is 3. The van der Waals surface area contributed by atoms with E-state index in [1.807, 2.05) is 66.9 Å². The van der Waals surface area contributed by atoms with Crippen LogP contribution in [0.4, 0.5) is 0 Å². The second-order valence-electron chi connectivity index (χ2n) is 11.9. The molecule has 6 nitrogen and oxygen atoms in total. The molecule has 0 fully saturated rings. The van der Waals surface area contributed by atoms with E-state index in [4.69, 9.17) is 23.8 Å². The van der Waals surface area contributed by atoms with Gasteiger partial charge in [-0.25, -0.2) is 15.0 Å². The van der Waals surface area contributed by atoms with Crippen LogP contribution in [0.1, 0.15) is 0 Å². The second-order valence-corrected chi connectivity index (χ2v) is 11.9. The molecule has 0 radical (unpaired) electrons. The highest BCUT2D eigenvalue weighted by Crippen LogP contribution is 2.41. The Bertz CT molecular complexity index is 2850. The standard InChI is InChI=1S/C42H24N4O2/c1-2-11-26(12-3-1)40-44-41(33-18-9-16-31-30-14-6-7-19-35(30)47-39(31)33)46-42(45-40)34-23-43-24-36-37(34)32-17-8-15-29(38(32)48-36)28-21-20-25-10-4-5-13-27(25)22-28/h1-24H. The molecule has 0 unspecified atom stereocenters. The Morgan fingerprint density at radius 2 is 1.06 bits per heavy atom. The number of furan rings is 2. The molecular weight excluding hydrogens is 592 g/mol. The average Bonchev–Trinajstić information content (AvgIpc) is 3.73. The van der Waals surface area contributed by atoms with Crippen molar-refractivity contribution in [2.24, 2.45) is 0 Å². The molecule has 0 aliphatic rings. The summed E-state index contributed by atoms with van der Waals surface area (Å²) in [6.07, 6.45) is 3.58. The van der Waals surface area contributed by atoms with Gasteiger partial charge < -0.3 is 8.83 Å². The van der Waals surface area contributed by atoms with Crippen LogP contribution in [0.25, 0.3) is 99.9 Å². The largest absolute Gasteiger partial charge is 0.455 e. The summed E-state index contributed by atoms with van der Waals surface area (Å²) in [5.41, 5.74) is 7.55. The smallest absolute Gasteiger partial charge is 0.167 e. The van der Waals surface area contributed by atoms with E-state index in [0.29, 0.717) is 23.1 Å². The topological polar surface area (TPSA) is 77.8 Å². The Labute approximate surface area is 274 Å². The van der Waals surface area contributed by atoms with Crippen molar-refractivity contribution in [3.63, 3.8) is 0 Å². The molecule has 4 heterocycles. The molecular formula is C42H24N4O2. The lowest BCUT2D eigenvalue weighted by atomic mass is 9.98. The molecule has 0 saturated heterocycles. The van der Waals surface area contributed by atoms with E-state index in [-0.39, 0.29) is 0 Å². The van der Waals surface area contributed by atoms with Gasteiger partial charge in [0.05, 0.1) is 11.8 Å². The molecule has 10 aromatic rings. The molecule has 224 valence electrons. The van der Waals surface area contributed by atoms with Gasteiger partial charge in [-0.2, -0.15) is 0 Å². The molecule has 10 rings (SSSR count). The number of benzene rings is 6. The van der Waals surface area contributed by atoms with Crippen LogP contribution in [0.15, 0.2) is 155 Å². The minimum absolute atomic E-state index is 0.504. The SMILES string of the molecule is c1ccc(-c2nc(-c3cccc4c3oc3ccccc34)nc(-c3cncc4oc5c(-c6ccc7ccccc7c6)cccc5c34)n2)cc1. The zero-order valence-electron chi connectivity index (χ0n) is 25.5. The van der Waals surface area contributed by atoms with Gasteiger partial charge in [0.1, 0.15) is 16.7 Å². The summed E-state index contributed by atoms with van der Waals surface area (Å²) in [5.74, 6) is 1.58. The van der Waals surface area contributed by atoms with Crippen LogP contribution in [-0.2, 0) is 0 Å². The minimum atomic E-state index is 0.504. The van der Waals surface area contributed by atoms with Crippen molar-refractivity contribution < 1.29 is 8.83 Å². The van der Waals surface area contributed by atoms with E-state index in [2.05, 4.69) is 77.8 Å². The molecule has 0 aliphatic heterocycles. The zero-order chi connectivity index (χ0) is 31.6. The van der Waals surface area contributed by atoms with E-state index in [9.17, 15) is 0 Å². The highest BCUT2D eigenvalue weighted by molar-refractivity contribution is 6.15. The van der Waals surface area contributed by atoms with E-state index in [0.717, 1.165) is 66.1 Å². The third-order valence-electron chi connectivity index (χ3n) is 9.02. The van der Waals surface area contributed by atoms with Gasteiger partial charge in [-0.3, -0.25) is 4.98 Å². The summed E-state index contributed by atoms with van der Waals surface area (Å²) in [5, 5.41) is 6.31. The van der Waals surface area contributed by atoms with Crippen molar-refractivity contribution in [1.82, 2.24) is 19.9 Å². The summed E-state index contributed by atoms with van der Waals surface area (Å²) in [4.78, 5) is 19.7. The Morgan fingerprint density at radius 1 is 0.396 bits per heavy atom. The zero-order valence-corrected chi connectivity index (χ0v) is 25.5. The molecule has 0 aliphatic carbocycles. The van der Waals surface area contributed by atoms with Crippen LogP contribution in [0.5, 0.6) is 0 Å². The first-order chi connectivity index (χ1) is 23.8. The summed E-state index contributed by atoms with van der Waals surface area (Å²) in [6, 6.07) is 45.3. The molecule has 4 aromatic heterocycles. The van der Waals surface area contributed by atoms with Gasteiger partial charge in [0.25, 0.3) is 0 Å². The quantitative estimate of drug-likeness (QED) is 0.196. The van der Waals surface area contributed by atoms with Crippen molar-refractivity contribution >= 4 is 54.6 Å². The van der Waals surface area contributed by atoms with Crippen molar-refractivity contribution in [2.45, 2.75) is 0 Å². The maximum absolute atomic E-state index is 6.58. The third-order valence-corrected chi connectivity index (χ3v) is 9.02. The maximum atomic E-state index is 6.58. The van der Waals surface area contributed by atoms with Gasteiger partial charge in [0, 0.05) is 44.4 Å². The number of hydrogen-bond donors (Lipinski definition) is 0. The van der Waals surface area contributed by atoms with Crippen LogP contribution in [0.3, 0.4) is 0 Å². The summed E-state index contributed by atoms with van der Waals surface area (Å²) >= 11 is 0.